The minimum atomic E-state index is -0.573. The van der Waals surface area contributed by atoms with E-state index in [1.807, 2.05) is 12.3 Å². The van der Waals surface area contributed by atoms with E-state index in [-0.39, 0.29) is 18.5 Å². The Morgan fingerprint density at radius 1 is 1.26 bits per heavy atom. The molecule has 1 atom stereocenters. The standard InChI is InChI=1S/C15H20N4O3S/c1-2-17-7-8-18(15(22)14(17)21)10-12(20)19-6-3-4-11(19)13-16-5-9-23-13/h5,9,11H,2-4,6-8,10H2,1H3/t11-/m0/s1. The molecule has 8 heteroatoms. The average Bonchev–Trinajstić information content (AvgIpc) is 3.22. The first-order valence-corrected chi connectivity index (χ1v) is 8.76. The molecule has 2 saturated heterocycles. The molecule has 7 nitrogen and oxygen atoms in total. The van der Waals surface area contributed by atoms with E-state index in [1.165, 1.54) is 9.80 Å². The molecule has 0 radical (unpaired) electrons. The average molecular weight is 336 g/mol. The van der Waals surface area contributed by atoms with Gasteiger partial charge in [-0.2, -0.15) is 0 Å². The smallest absolute Gasteiger partial charge is 0.312 e. The van der Waals surface area contributed by atoms with E-state index in [9.17, 15) is 14.4 Å². The lowest BCUT2D eigenvalue weighted by molar-refractivity contribution is -0.157. The molecule has 23 heavy (non-hydrogen) atoms. The number of likely N-dealkylation sites (N-methyl/N-ethyl adjacent to an activating group) is 1. The van der Waals surface area contributed by atoms with Gasteiger partial charge in [-0.05, 0) is 19.8 Å². The zero-order chi connectivity index (χ0) is 16.4. The van der Waals surface area contributed by atoms with E-state index >= 15 is 0 Å². The maximum Gasteiger partial charge on any atom is 0.312 e. The molecule has 3 heterocycles. The van der Waals surface area contributed by atoms with Crippen LogP contribution in [-0.4, -0.2) is 70.1 Å². The number of amides is 3. The Bertz CT molecular complexity index is 604. The molecule has 3 amide bonds. The summed E-state index contributed by atoms with van der Waals surface area (Å²) in [6.45, 7) is 3.92. The third kappa shape index (κ3) is 3.08. The number of carbonyl (C=O) groups is 3. The van der Waals surface area contributed by atoms with Crippen molar-refractivity contribution in [3.05, 3.63) is 16.6 Å². The normalized spacial score (nSPS) is 22.1. The molecule has 0 aliphatic carbocycles. The first-order chi connectivity index (χ1) is 11.1. The van der Waals surface area contributed by atoms with Crippen molar-refractivity contribution >= 4 is 29.1 Å². The van der Waals surface area contributed by atoms with Gasteiger partial charge in [0.25, 0.3) is 0 Å². The molecule has 0 aromatic carbocycles. The van der Waals surface area contributed by atoms with Crippen LogP contribution in [0.2, 0.25) is 0 Å². The van der Waals surface area contributed by atoms with Crippen LogP contribution in [0.1, 0.15) is 30.8 Å². The van der Waals surface area contributed by atoms with Crippen LogP contribution in [0.3, 0.4) is 0 Å². The molecule has 3 rings (SSSR count). The van der Waals surface area contributed by atoms with Gasteiger partial charge in [0.15, 0.2) is 0 Å². The Labute approximate surface area is 138 Å². The Kier molecular flexibility index (Phi) is 4.61. The fraction of sp³-hybridized carbons (Fsp3) is 0.600. The zero-order valence-electron chi connectivity index (χ0n) is 13.1. The number of hydrogen-bond donors (Lipinski definition) is 0. The highest BCUT2D eigenvalue weighted by molar-refractivity contribution is 7.09. The lowest BCUT2D eigenvalue weighted by Crippen LogP contribution is -2.56. The molecular weight excluding hydrogens is 316 g/mol. The first-order valence-electron chi connectivity index (χ1n) is 7.89. The molecule has 2 aliphatic heterocycles. The number of aromatic nitrogens is 1. The summed E-state index contributed by atoms with van der Waals surface area (Å²) >= 11 is 1.55. The van der Waals surface area contributed by atoms with Crippen LogP contribution in [-0.2, 0) is 14.4 Å². The lowest BCUT2D eigenvalue weighted by Gasteiger charge is -2.34. The second kappa shape index (κ2) is 6.66. The predicted octanol–water partition coefficient (Wildman–Crippen LogP) is 0.497. The van der Waals surface area contributed by atoms with Crippen molar-refractivity contribution in [1.29, 1.82) is 0 Å². The highest BCUT2D eigenvalue weighted by Crippen LogP contribution is 2.33. The van der Waals surface area contributed by atoms with Gasteiger partial charge in [-0.15, -0.1) is 11.3 Å². The first kappa shape index (κ1) is 15.9. The largest absolute Gasteiger partial charge is 0.333 e. The van der Waals surface area contributed by atoms with Crippen molar-refractivity contribution in [3.8, 4) is 0 Å². The Balaban J connectivity index is 1.65. The van der Waals surface area contributed by atoms with Crippen LogP contribution in [0.4, 0.5) is 0 Å². The molecule has 0 spiro atoms. The van der Waals surface area contributed by atoms with Gasteiger partial charge in [-0.1, -0.05) is 0 Å². The summed E-state index contributed by atoms with van der Waals surface area (Å²) in [7, 11) is 0. The highest BCUT2D eigenvalue weighted by atomic mass is 32.1. The number of rotatable bonds is 4. The fourth-order valence-corrected chi connectivity index (χ4v) is 3.93. The van der Waals surface area contributed by atoms with Gasteiger partial charge in [0, 0.05) is 37.8 Å². The minimum absolute atomic E-state index is 0.00485. The molecule has 0 N–H and O–H groups in total. The summed E-state index contributed by atoms with van der Waals surface area (Å²) in [4.78, 5) is 45.6. The van der Waals surface area contributed by atoms with Gasteiger partial charge in [0.1, 0.15) is 11.6 Å². The quantitative estimate of drug-likeness (QED) is 0.751. The Morgan fingerprint density at radius 2 is 2.00 bits per heavy atom. The van der Waals surface area contributed by atoms with E-state index in [1.54, 1.807) is 22.4 Å². The van der Waals surface area contributed by atoms with Crippen molar-refractivity contribution in [3.63, 3.8) is 0 Å². The van der Waals surface area contributed by atoms with E-state index < -0.39 is 11.8 Å². The summed E-state index contributed by atoms with van der Waals surface area (Å²) < 4.78 is 0. The SMILES string of the molecule is CCN1CCN(CC(=O)N2CCC[C@H]2c2nccs2)C(=O)C1=O. The zero-order valence-corrected chi connectivity index (χ0v) is 13.9. The maximum atomic E-state index is 12.6. The molecule has 2 aliphatic rings. The van der Waals surface area contributed by atoms with Crippen molar-refractivity contribution in [2.45, 2.75) is 25.8 Å². The van der Waals surface area contributed by atoms with Gasteiger partial charge < -0.3 is 14.7 Å². The number of piperazine rings is 1. The summed E-state index contributed by atoms with van der Waals surface area (Å²) in [5, 5.41) is 2.84. The predicted molar refractivity (Wildman–Crippen MR) is 84.6 cm³/mol. The maximum absolute atomic E-state index is 12.6. The number of carbonyl (C=O) groups excluding carboxylic acids is 3. The number of nitrogens with zero attached hydrogens (tertiary/aromatic N) is 4. The van der Waals surface area contributed by atoms with Gasteiger partial charge in [0.05, 0.1) is 6.04 Å². The molecule has 124 valence electrons. The lowest BCUT2D eigenvalue weighted by atomic mass is 10.2. The monoisotopic (exact) mass is 336 g/mol. The van der Waals surface area contributed by atoms with Crippen LogP contribution in [0.5, 0.6) is 0 Å². The van der Waals surface area contributed by atoms with Gasteiger partial charge in [-0.25, -0.2) is 4.98 Å². The summed E-state index contributed by atoms with van der Waals surface area (Å²) in [5.74, 6) is -1.19. The molecule has 0 bridgehead atoms. The molecule has 2 fully saturated rings. The van der Waals surface area contributed by atoms with Crippen molar-refractivity contribution in [1.82, 2.24) is 19.7 Å². The topological polar surface area (TPSA) is 73.8 Å². The van der Waals surface area contributed by atoms with Crippen LogP contribution in [0.15, 0.2) is 11.6 Å². The third-order valence-corrected chi connectivity index (χ3v) is 5.29. The molecule has 1 aromatic heterocycles. The van der Waals surface area contributed by atoms with E-state index in [2.05, 4.69) is 4.98 Å². The second-order valence-corrected chi connectivity index (χ2v) is 6.65. The van der Waals surface area contributed by atoms with Crippen LogP contribution >= 0.6 is 11.3 Å². The second-order valence-electron chi connectivity index (χ2n) is 5.73. The highest BCUT2D eigenvalue weighted by Gasteiger charge is 2.36. The Morgan fingerprint density at radius 3 is 2.70 bits per heavy atom. The number of thiazole rings is 1. The van der Waals surface area contributed by atoms with Crippen LogP contribution in [0, 0.1) is 0 Å². The molecule has 0 saturated carbocycles. The van der Waals surface area contributed by atoms with Gasteiger partial charge in [-0.3, -0.25) is 14.4 Å². The van der Waals surface area contributed by atoms with Gasteiger partial charge in [0.2, 0.25) is 5.91 Å². The fourth-order valence-electron chi connectivity index (χ4n) is 3.14. The van der Waals surface area contributed by atoms with Crippen molar-refractivity contribution < 1.29 is 14.4 Å². The van der Waals surface area contributed by atoms with E-state index in [0.29, 0.717) is 26.2 Å². The number of likely N-dealkylation sites (tertiary alicyclic amines) is 1. The Hall–Kier alpha value is -1.96. The van der Waals surface area contributed by atoms with Crippen LogP contribution in [0.25, 0.3) is 0 Å². The summed E-state index contributed by atoms with van der Waals surface area (Å²) in [6.07, 6.45) is 3.58. The molecule has 1 aromatic rings. The van der Waals surface area contributed by atoms with Crippen molar-refractivity contribution in [2.75, 3.05) is 32.7 Å². The molecule has 0 unspecified atom stereocenters. The van der Waals surface area contributed by atoms with Crippen LogP contribution < -0.4 is 0 Å². The molecular formula is C15H20N4O3S. The number of hydrogen-bond acceptors (Lipinski definition) is 5. The van der Waals surface area contributed by atoms with E-state index in [4.69, 9.17) is 0 Å². The van der Waals surface area contributed by atoms with E-state index in [0.717, 1.165) is 17.8 Å². The third-order valence-electron chi connectivity index (χ3n) is 4.41. The van der Waals surface area contributed by atoms with Gasteiger partial charge >= 0.3 is 11.8 Å². The summed E-state index contributed by atoms with van der Waals surface area (Å²) in [6, 6.07) is 0.00485. The minimum Gasteiger partial charge on any atom is -0.333 e. The van der Waals surface area contributed by atoms with Crippen molar-refractivity contribution in [2.24, 2.45) is 0 Å². The summed E-state index contributed by atoms with van der Waals surface area (Å²) in [5.41, 5.74) is 0.